The fourth-order valence-corrected chi connectivity index (χ4v) is 5.65. The number of amides is 2. The summed E-state index contributed by atoms with van der Waals surface area (Å²) >= 11 is 1.55. The van der Waals surface area contributed by atoms with Crippen molar-refractivity contribution in [2.24, 2.45) is 0 Å². The van der Waals surface area contributed by atoms with Gasteiger partial charge in [-0.1, -0.05) is 74.0 Å². The molecule has 174 valence electrons. The number of aryl methyl sites for hydroxylation is 1. The van der Waals surface area contributed by atoms with E-state index in [1.54, 1.807) is 16.3 Å². The number of carbonyl (C=O) groups is 2. The number of rotatable bonds is 7. The minimum absolute atomic E-state index is 0.0405. The van der Waals surface area contributed by atoms with Gasteiger partial charge >= 0.3 is 5.91 Å². The van der Waals surface area contributed by atoms with E-state index < -0.39 is 0 Å². The van der Waals surface area contributed by atoms with Gasteiger partial charge in [-0.25, -0.2) is 4.79 Å². The van der Waals surface area contributed by atoms with Crippen molar-refractivity contribution in [3.63, 3.8) is 0 Å². The van der Waals surface area contributed by atoms with Crippen LogP contribution in [0.3, 0.4) is 0 Å². The van der Waals surface area contributed by atoms with E-state index in [1.807, 2.05) is 24.3 Å². The van der Waals surface area contributed by atoms with Crippen LogP contribution in [-0.2, 0) is 16.0 Å². The molecule has 0 saturated carbocycles. The first kappa shape index (κ1) is 23.7. The van der Waals surface area contributed by atoms with Crippen LogP contribution < -0.4 is 5.32 Å². The van der Waals surface area contributed by atoms with E-state index in [1.165, 1.54) is 31.2 Å². The molecule has 1 N–H and O–H groups in total. The molecule has 1 saturated heterocycles. The Morgan fingerprint density at radius 3 is 2.64 bits per heavy atom. The average Bonchev–Trinajstić information content (AvgIpc) is 3.11. The number of carbonyl (C=O) groups excluding carboxylic acids is 2. The Hall–Kier alpha value is -2.44. The third kappa shape index (κ3) is 6.33. The molecular weight excluding hydrogens is 430 g/mol. The largest absolute Gasteiger partial charge is 0.426 e. The van der Waals surface area contributed by atoms with Crippen molar-refractivity contribution in [1.82, 2.24) is 10.2 Å². The Morgan fingerprint density at radius 1 is 1.15 bits per heavy atom. The zero-order valence-corrected chi connectivity index (χ0v) is 20.3. The standard InChI is InChI=1S/C27H33N3O2S/c1-2-21-11-13-22(14-12-21)19-25-27(32)30(23-9-5-6-10-24(23)33-25)20-26(31)28-15-18-29-16-7-3-4-8-17-29/h5-6,9-14,19,24H,2-4,7-8,15-18,20H2,1H3/p+1/b25-19+. The van der Waals surface area contributed by atoms with Crippen molar-refractivity contribution in [3.05, 3.63) is 64.6 Å². The molecule has 1 unspecified atom stereocenters. The van der Waals surface area contributed by atoms with Crippen LogP contribution in [0.5, 0.6) is 0 Å². The van der Waals surface area contributed by atoms with Crippen LogP contribution in [0.1, 0.15) is 43.7 Å². The van der Waals surface area contributed by atoms with Crippen molar-refractivity contribution >= 4 is 35.4 Å². The zero-order chi connectivity index (χ0) is 23.0. The molecule has 3 aliphatic rings. The Bertz CT molecular complexity index is 983. The molecule has 2 heterocycles. The Labute approximate surface area is 201 Å². The normalized spacial score (nSPS) is 22.4. The highest BCUT2D eigenvalue weighted by Crippen LogP contribution is 2.32. The molecule has 1 fully saturated rings. The zero-order valence-electron chi connectivity index (χ0n) is 19.5. The van der Waals surface area contributed by atoms with Crippen LogP contribution in [-0.4, -0.2) is 65.0 Å². The predicted molar refractivity (Wildman–Crippen MR) is 137 cm³/mol. The van der Waals surface area contributed by atoms with Gasteiger partial charge in [0.05, 0.1) is 0 Å². The van der Waals surface area contributed by atoms with Crippen LogP contribution in [0.4, 0.5) is 0 Å². The summed E-state index contributed by atoms with van der Waals surface area (Å²) in [5.41, 5.74) is 3.16. The number of nitrogens with one attached hydrogen (secondary N) is 1. The summed E-state index contributed by atoms with van der Waals surface area (Å²) < 4.78 is 1.65. The summed E-state index contributed by atoms with van der Waals surface area (Å²) in [6.45, 7) is 5.90. The average molecular weight is 465 g/mol. The second-order valence-corrected chi connectivity index (χ2v) is 9.99. The van der Waals surface area contributed by atoms with Gasteiger partial charge in [0.15, 0.2) is 0 Å². The van der Waals surface area contributed by atoms with E-state index in [0.717, 1.165) is 37.3 Å². The van der Waals surface area contributed by atoms with Gasteiger partial charge in [-0.05, 0) is 49.6 Å². The molecule has 2 amide bonds. The lowest BCUT2D eigenvalue weighted by atomic mass is 10.1. The third-order valence-electron chi connectivity index (χ3n) is 6.41. The first-order chi connectivity index (χ1) is 16.1. The second-order valence-electron chi connectivity index (χ2n) is 8.81. The molecule has 0 radical (unpaired) electrons. The van der Waals surface area contributed by atoms with Crippen molar-refractivity contribution < 1.29 is 14.2 Å². The molecule has 0 spiro atoms. The summed E-state index contributed by atoms with van der Waals surface area (Å²) in [4.78, 5) is 29.2. The van der Waals surface area contributed by atoms with Crippen LogP contribution in [0.2, 0.25) is 0 Å². The first-order valence-corrected chi connectivity index (χ1v) is 13.0. The molecule has 1 atom stereocenters. The third-order valence-corrected chi connectivity index (χ3v) is 7.61. The van der Waals surface area contributed by atoms with Crippen molar-refractivity contribution in [2.45, 2.75) is 44.3 Å². The molecule has 6 heteroatoms. The molecule has 1 aromatic rings. The van der Waals surface area contributed by atoms with E-state index in [9.17, 15) is 9.59 Å². The smallest absolute Gasteiger partial charge is 0.349 e. The Morgan fingerprint density at radius 2 is 1.91 bits per heavy atom. The number of allylic oxidation sites excluding steroid dienone is 3. The molecule has 0 aromatic heterocycles. The number of likely N-dealkylation sites (tertiary alicyclic amines) is 1. The number of fused-ring (bicyclic) bond motifs is 1. The topological polar surface area (TPSA) is 52.4 Å². The monoisotopic (exact) mass is 464 g/mol. The number of thioether (sulfide) groups is 1. The lowest BCUT2D eigenvalue weighted by Crippen LogP contribution is -2.44. The van der Waals surface area contributed by atoms with Gasteiger partial charge in [-0.2, -0.15) is 0 Å². The molecule has 2 aliphatic heterocycles. The van der Waals surface area contributed by atoms with E-state index in [0.29, 0.717) is 11.4 Å². The van der Waals surface area contributed by atoms with E-state index in [4.69, 9.17) is 0 Å². The van der Waals surface area contributed by atoms with E-state index >= 15 is 0 Å². The molecule has 1 aliphatic carbocycles. The van der Waals surface area contributed by atoms with E-state index in [2.05, 4.69) is 47.5 Å². The highest BCUT2D eigenvalue weighted by molar-refractivity contribution is 8.05. The molecular formula is C27H34N3O2S+. The fourth-order valence-electron chi connectivity index (χ4n) is 4.47. The summed E-state index contributed by atoms with van der Waals surface area (Å²) in [6.07, 6.45) is 16.0. The minimum Gasteiger partial charge on any atom is -0.349 e. The summed E-state index contributed by atoms with van der Waals surface area (Å²) in [7, 11) is 0. The maximum absolute atomic E-state index is 13.4. The summed E-state index contributed by atoms with van der Waals surface area (Å²) in [5, 5.41) is 3.08. The number of nitrogens with zero attached hydrogens (tertiary/aromatic N) is 2. The van der Waals surface area contributed by atoms with Crippen LogP contribution in [0.25, 0.3) is 6.08 Å². The predicted octanol–water partition coefficient (Wildman–Crippen LogP) is 3.80. The quantitative estimate of drug-likeness (QED) is 0.493. The van der Waals surface area contributed by atoms with Crippen LogP contribution in [0.15, 0.2) is 53.5 Å². The minimum atomic E-state index is -0.106. The van der Waals surface area contributed by atoms with Crippen LogP contribution in [0, 0.1) is 0 Å². The van der Waals surface area contributed by atoms with Gasteiger partial charge in [0, 0.05) is 19.2 Å². The van der Waals surface area contributed by atoms with Gasteiger partial charge in [-0.15, -0.1) is 4.58 Å². The second kappa shape index (κ2) is 11.6. The van der Waals surface area contributed by atoms with Crippen molar-refractivity contribution in [2.75, 3.05) is 32.7 Å². The number of hydrogen-bond donors (Lipinski definition) is 1. The molecule has 33 heavy (non-hydrogen) atoms. The fraction of sp³-hybridized carbons (Fsp3) is 0.444. The van der Waals surface area contributed by atoms with Crippen LogP contribution >= 0.6 is 11.8 Å². The molecule has 5 nitrogen and oxygen atoms in total. The Kier molecular flexibility index (Phi) is 8.35. The number of benzene rings is 1. The highest BCUT2D eigenvalue weighted by Gasteiger charge is 2.39. The van der Waals surface area contributed by atoms with Gasteiger partial charge in [0.2, 0.25) is 12.3 Å². The molecule has 4 rings (SSSR count). The SMILES string of the molecule is CCc1ccc(/C=C2/SC3C=CC=CC3=[N+](CC(=O)NCCN3CCCCCC3)C2=O)cc1. The van der Waals surface area contributed by atoms with Crippen molar-refractivity contribution in [1.29, 1.82) is 0 Å². The van der Waals surface area contributed by atoms with Crippen molar-refractivity contribution in [3.8, 4) is 0 Å². The van der Waals surface area contributed by atoms with E-state index in [-0.39, 0.29) is 23.6 Å². The maximum Gasteiger partial charge on any atom is 0.426 e. The molecule has 0 bridgehead atoms. The van der Waals surface area contributed by atoms with Gasteiger partial charge in [-0.3, -0.25) is 4.79 Å². The lowest BCUT2D eigenvalue weighted by Gasteiger charge is -2.21. The summed E-state index contributed by atoms with van der Waals surface area (Å²) in [6, 6.07) is 8.30. The number of hydrogen-bond acceptors (Lipinski definition) is 4. The first-order valence-electron chi connectivity index (χ1n) is 12.1. The lowest BCUT2D eigenvalue weighted by molar-refractivity contribution is -0.434. The van der Waals surface area contributed by atoms with Gasteiger partial charge < -0.3 is 10.2 Å². The Balaban J connectivity index is 1.44. The summed E-state index contributed by atoms with van der Waals surface area (Å²) in [5.74, 6) is -0.209. The van der Waals surface area contributed by atoms with Gasteiger partial charge in [0.25, 0.3) is 5.91 Å². The van der Waals surface area contributed by atoms with Gasteiger partial charge in [0.1, 0.15) is 10.2 Å². The maximum atomic E-state index is 13.4. The molecule has 1 aromatic carbocycles. The highest BCUT2D eigenvalue weighted by atomic mass is 32.2.